The summed E-state index contributed by atoms with van der Waals surface area (Å²) in [5.41, 5.74) is 3.07. The quantitative estimate of drug-likeness (QED) is 0.895. The molecule has 5 heteroatoms. The van der Waals surface area contributed by atoms with Gasteiger partial charge in [0.1, 0.15) is 0 Å². The molecule has 0 atom stereocenters. The monoisotopic (exact) mass is 254 g/mol. The lowest BCUT2D eigenvalue weighted by Gasteiger charge is -2.24. The van der Waals surface area contributed by atoms with E-state index in [2.05, 4.69) is 23.5 Å². The van der Waals surface area contributed by atoms with Crippen molar-refractivity contribution in [1.82, 2.24) is 0 Å². The molecule has 1 aromatic carbocycles. The van der Waals surface area contributed by atoms with Crippen LogP contribution in [0.5, 0.6) is 0 Å². The molecule has 2 rings (SSSR count). The topological polar surface area (TPSA) is 49.4 Å². The van der Waals surface area contributed by atoms with Crippen molar-refractivity contribution in [3.63, 3.8) is 0 Å². The Morgan fingerprint density at radius 2 is 2.06 bits per heavy atom. The van der Waals surface area contributed by atoms with Gasteiger partial charge in [-0.25, -0.2) is 8.42 Å². The van der Waals surface area contributed by atoms with Crippen LogP contribution in [0.15, 0.2) is 18.2 Å². The first-order valence-electron chi connectivity index (χ1n) is 5.74. The number of nitrogens with zero attached hydrogens (tertiary/aromatic N) is 1. The number of benzene rings is 1. The summed E-state index contributed by atoms with van der Waals surface area (Å²) in [5.74, 6) is 0. The Bertz CT molecular complexity index is 523. The molecule has 1 N–H and O–H groups in total. The van der Waals surface area contributed by atoms with Gasteiger partial charge in [-0.2, -0.15) is 0 Å². The number of anilines is 2. The van der Waals surface area contributed by atoms with Gasteiger partial charge in [-0.1, -0.05) is 6.07 Å². The van der Waals surface area contributed by atoms with Crippen LogP contribution in [0.3, 0.4) is 0 Å². The Balaban J connectivity index is 2.33. The lowest BCUT2D eigenvalue weighted by molar-refractivity contribution is 0.607. The van der Waals surface area contributed by atoms with E-state index in [4.69, 9.17) is 0 Å². The molecule has 0 aromatic heterocycles. The molecule has 1 heterocycles. The Labute approximate surface area is 103 Å². The summed E-state index contributed by atoms with van der Waals surface area (Å²) in [5, 5.41) is 0. The fourth-order valence-electron chi connectivity index (χ4n) is 2.22. The molecule has 4 nitrogen and oxygen atoms in total. The van der Waals surface area contributed by atoms with E-state index in [1.165, 1.54) is 11.8 Å². The molecule has 1 aromatic rings. The highest BCUT2D eigenvalue weighted by atomic mass is 32.2. The van der Waals surface area contributed by atoms with Gasteiger partial charge in [0.2, 0.25) is 10.0 Å². The van der Waals surface area contributed by atoms with E-state index in [0.29, 0.717) is 11.7 Å². The van der Waals surface area contributed by atoms with Crippen LogP contribution in [0.2, 0.25) is 0 Å². The maximum atomic E-state index is 11.2. The number of hydrogen-bond donors (Lipinski definition) is 1. The number of nitrogens with one attached hydrogen (secondary N) is 1. The second-order valence-electron chi connectivity index (χ2n) is 4.75. The summed E-state index contributed by atoms with van der Waals surface area (Å²) in [6, 6.07) is 6.18. The maximum Gasteiger partial charge on any atom is 0.229 e. The third-order valence-corrected chi connectivity index (χ3v) is 3.55. The van der Waals surface area contributed by atoms with Crippen LogP contribution in [0.25, 0.3) is 0 Å². The molecule has 0 unspecified atom stereocenters. The fourth-order valence-corrected chi connectivity index (χ4v) is 2.77. The van der Waals surface area contributed by atoms with E-state index in [1.807, 2.05) is 18.2 Å². The van der Waals surface area contributed by atoms with Crippen LogP contribution in [-0.2, 0) is 16.4 Å². The molecule has 17 heavy (non-hydrogen) atoms. The van der Waals surface area contributed by atoms with Gasteiger partial charge in [-0.05, 0) is 38.0 Å². The number of sulfonamides is 1. The Morgan fingerprint density at radius 3 is 2.65 bits per heavy atom. The zero-order chi connectivity index (χ0) is 12.6. The van der Waals surface area contributed by atoms with Crippen LogP contribution in [-0.4, -0.2) is 27.3 Å². The summed E-state index contributed by atoms with van der Waals surface area (Å²) < 4.78 is 24.9. The van der Waals surface area contributed by atoms with E-state index in [0.717, 1.165) is 18.7 Å². The fraction of sp³-hybridized carbons (Fsp3) is 0.500. The smallest absolute Gasteiger partial charge is 0.229 e. The van der Waals surface area contributed by atoms with Gasteiger partial charge < -0.3 is 4.90 Å². The summed E-state index contributed by atoms with van der Waals surface area (Å²) in [6.45, 7) is 5.30. The van der Waals surface area contributed by atoms with Crippen molar-refractivity contribution in [2.24, 2.45) is 0 Å². The van der Waals surface area contributed by atoms with Crippen molar-refractivity contribution in [1.29, 1.82) is 0 Å². The summed E-state index contributed by atoms with van der Waals surface area (Å²) >= 11 is 0. The molecule has 0 saturated carbocycles. The second-order valence-corrected chi connectivity index (χ2v) is 6.50. The standard InChI is InChI=1S/C12H18N2O2S/c1-9(2)14-7-6-10-4-5-11(8-12(10)14)13-17(3,15)16/h4-5,8-9,13H,6-7H2,1-3H3. The van der Waals surface area contributed by atoms with Crippen molar-refractivity contribution in [2.75, 3.05) is 22.4 Å². The number of rotatable bonds is 3. The van der Waals surface area contributed by atoms with Crippen molar-refractivity contribution in [3.8, 4) is 0 Å². The van der Waals surface area contributed by atoms with Gasteiger partial charge in [0, 0.05) is 18.3 Å². The lowest BCUT2D eigenvalue weighted by atomic mass is 10.1. The van der Waals surface area contributed by atoms with Crippen LogP contribution < -0.4 is 9.62 Å². The van der Waals surface area contributed by atoms with Gasteiger partial charge in [0.05, 0.1) is 11.9 Å². The molecule has 0 saturated heterocycles. The first kappa shape index (κ1) is 12.2. The van der Waals surface area contributed by atoms with Crippen LogP contribution >= 0.6 is 0 Å². The van der Waals surface area contributed by atoms with Gasteiger partial charge in [0.25, 0.3) is 0 Å². The Kier molecular flexibility index (Phi) is 3.03. The van der Waals surface area contributed by atoms with Crippen molar-refractivity contribution < 1.29 is 8.42 Å². The molecule has 0 fully saturated rings. The van der Waals surface area contributed by atoms with Gasteiger partial charge in [-0.3, -0.25) is 4.72 Å². The highest BCUT2D eigenvalue weighted by Crippen LogP contribution is 2.32. The first-order valence-corrected chi connectivity index (χ1v) is 7.63. The SMILES string of the molecule is CC(C)N1CCc2ccc(NS(C)(=O)=O)cc21. The maximum absolute atomic E-state index is 11.2. The minimum Gasteiger partial charge on any atom is -0.368 e. The Hall–Kier alpha value is -1.23. The highest BCUT2D eigenvalue weighted by Gasteiger charge is 2.21. The summed E-state index contributed by atoms with van der Waals surface area (Å²) in [7, 11) is -3.20. The van der Waals surface area contributed by atoms with Crippen LogP contribution in [0, 0.1) is 0 Å². The average Bonchev–Trinajstić information content (AvgIpc) is 2.57. The molecular formula is C12H18N2O2S. The van der Waals surface area contributed by atoms with Crippen LogP contribution in [0.1, 0.15) is 19.4 Å². The zero-order valence-corrected chi connectivity index (χ0v) is 11.2. The minimum atomic E-state index is -3.20. The predicted molar refractivity (Wildman–Crippen MR) is 71.1 cm³/mol. The minimum absolute atomic E-state index is 0.435. The third kappa shape index (κ3) is 2.72. The summed E-state index contributed by atoms with van der Waals surface area (Å²) in [4.78, 5) is 2.29. The van der Waals surface area contributed by atoms with E-state index in [-0.39, 0.29) is 0 Å². The zero-order valence-electron chi connectivity index (χ0n) is 10.4. The first-order chi connectivity index (χ1) is 7.87. The van der Waals surface area contributed by atoms with Crippen molar-refractivity contribution >= 4 is 21.4 Å². The molecule has 0 radical (unpaired) electrons. The van der Waals surface area contributed by atoms with Crippen LogP contribution in [0.4, 0.5) is 11.4 Å². The van der Waals surface area contributed by atoms with E-state index >= 15 is 0 Å². The highest BCUT2D eigenvalue weighted by molar-refractivity contribution is 7.92. The largest absolute Gasteiger partial charge is 0.368 e. The molecule has 0 bridgehead atoms. The normalized spacial score (nSPS) is 15.2. The Morgan fingerprint density at radius 1 is 1.35 bits per heavy atom. The number of fused-ring (bicyclic) bond motifs is 1. The molecule has 1 aliphatic rings. The van der Waals surface area contributed by atoms with E-state index in [1.54, 1.807) is 0 Å². The molecule has 0 aliphatic carbocycles. The average molecular weight is 254 g/mol. The lowest BCUT2D eigenvalue weighted by Crippen LogP contribution is -2.28. The molecule has 0 spiro atoms. The van der Waals surface area contributed by atoms with Crippen molar-refractivity contribution in [3.05, 3.63) is 23.8 Å². The predicted octanol–water partition coefficient (Wildman–Crippen LogP) is 1.83. The van der Waals surface area contributed by atoms with Gasteiger partial charge >= 0.3 is 0 Å². The molecule has 94 valence electrons. The van der Waals surface area contributed by atoms with E-state index < -0.39 is 10.0 Å². The van der Waals surface area contributed by atoms with Crippen molar-refractivity contribution in [2.45, 2.75) is 26.3 Å². The molecular weight excluding hydrogens is 236 g/mol. The van der Waals surface area contributed by atoms with Gasteiger partial charge in [-0.15, -0.1) is 0 Å². The molecule has 1 aliphatic heterocycles. The van der Waals surface area contributed by atoms with Gasteiger partial charge in [0.15, 0.2) is 0 Å². The molecule has 0 amide bonds. The third-order valence-electron chi connectivity index (χ3n) is 2.94. The van der Waals surface area contributed by atoms with E-state index in [9.17, 15) is 8.42 Å². The number of hydrogen-bond acceptors (Lipinski definition) is 3. The summed E-state index contributed by atoms with van der Waals surface area (Å²) in [6.07, 6.45) is 2.20. The second kappa shape index (κ2) is 4.22.